The number of carbonyl (C=O) groups excluding carboxylic acids is 3. The highest BCUT2D eigenvalue weighted by Gasteiger charge is 2.27. The van der Waals surface area contributed by atoms with Crippen LogP contribution in [0.25, 0.3) is 0 Å². The summed E-state index contributed by atoms with van der Waals surface area (Å²) in [7, 11) is 0. The zero-order valence-electron chi connectivity index (χ0n) is 22.9. The molecule has 12 nitrogen and oxygen atoms in total. The van der Waals surface area contributed by atoms with E-state index in [1.807, 2.05) is 25.3 Å². The third-order valence-corrected chi connectivity index (χ3v) is 6.64. The van der Waals surface area contributed by atoms with Crippen LogP contribution in [0.2, 0.25) is 0 Å². The summed E-state index contributed by atoms with van der Waals surface area (Å²) in [6, 6.07) is 11.5. The standard InChI is InChI=1S/C27H32N6O6S/c1-6-32-24(23(16(2)3)29-25(35)18-9-8-12-21(14-18)33(37)38)30-31-27(32)40-15-22(34)28-20-11-7-10-19(13-20)26(36)39-17(4)5/h7-14,16-17,23H,6,15H2,1-5H3,(H,28,34)(H,29,35)/t23-/m0/s1. The topological polar surface area (TPSA) is 158 Å². The number of carbonyl (C=O) groups is 3. The molecular weight excluding hydrogens is 536 g/mol. The number of nitrogens with zero attached hydrogens (tertiary/aromatic N) is 4. The molecule has 212 valence electrons. The number of esters is 1. The highest BCUT2D eigenvalue weighted by atomic mass is 32.2. The van der Waals surface area contributed by atoms with E-state index in [2.05, 4.69) is 20.8 Å². The summed E-state index contributed by atoms with van der Waals surface area (Å²) >= 11 is 1.19. The number of ether oxygens (including phenoxy) is 1. The number of aromatic nitrogens is 3. The first-order valence-electron chi connectivity index (χ1n) is 12.7. The molecule has 2 N–H and O–H groups in total. The predicted molar refractivity (Wildman–Crippen MR) is 150 cm³/mol. The van der Waals surface area contributed by atoms with Gasteiger partial charge in [0.2, 0.25) is 5.91 Å². The van der Waals surface area contributed by atoms with E-state index < -0.39 is 22.8 Å². The van der Waals surface area contributed by atoms with Crippen molar-refractivity contribution in [2.45, 2.75) is 58.5 Å². The van der Waals surface area contributed by atoms with Crippen LogP contribution in [0.15, 0.2) is 53.7 Å². The third kappa shape index (κ3) is 7.88. The molecule has 1 atom stereocenters. The molecule has 3 aromatic rings. The number of benzene rings is 2. The first-order chi connectivity index (χ1) is 19.0. The van der Waals surface area contributed by atoms with Gasteiger partial charge in [0.25, 0.3) is 11.6 Å². The Labute approximate surface area is 236 Å². The largest absolute Gasteiger partial charge is 0.459 e. The van der Waals surface area contributed by atoms with Gasteiger partial charge in [-0.2, -0.15) is 0 Å². The number of nitro benzene ring substituents is 1. The van der Waals surface area contributed by atoms with Gasteiger partial charge in [-0.25, -0.2) is 4.79 Å². The fourth-order valence-corrected chi connectivity index (χ4v) is 4.59. The van der Waals surface area contributed by atoms with Crippen molar-refractivity contribution in [3.05, 3.63) is 75.6 Å². The second-order valence-electron chi connectivity index (χ2n) is 9.46. The molecule has 0 fully saturated rings. The van der Waals surface area contributed by atoms with E-state index in [1.165, 1.54) is 36.0 Å². The Hall–Kier alpha value is -4.26. The molecule has 3 rings (SSSR count). The predicted octanol–water partition coefficient (Wildman–Crippen LogP) is 4.63. The van der Waals surface area contributed by atoms with E-state index in [-0.39, 0.29) is 34.9 Å². The number of hydrogen-bond acceptors (Lipinski definition) is 9. The zero-order chi connectivity index (χ0) is 29.4. The highest BCUT2D eigenvalue weighted by Crippen LogP contribution is 2.26. The number of non-ortho nitro benzene ring substituents is 1. The van der Waals surface area contributed by atoms with Crippen LogP contribution in [0.5, 0.6) is 0 Å². The molecule has 0 saturated heterocycles. The second kappa shape index (κ2) is 13.7. The summed E-state index contributed by atoms with van der Waals surface area (Å²) in [5, 5.41) is 25.8. The Balaban J connectivity index is 1.69. The van der Waals surface area contributed by atoms with E-state index in [0.29, 0.717) is 28.8 Å². The molecule has 13 heteroatoms. The molecule has 0 unspecified atom stereocenters. The van der Waals surface area contributed by atoms with Crippen LogP contribution in [-0.2, 0) is 16.1 Å². The van der Waals surface area contributed by atoms with Gasteiger partial charge in [0.1, 0.15) is 0 Å². The van der Waals surface area contributed by atoms with Crippen LogP contribution in [-0.4, -0.2) is 49.3 Å². The lowest BCUT2D eigenvalue weighted by Gasteiger charge is -2.22. The Morgan fingerprint density at radius 2 is 1.75 bits per heavy atom. The maximum Gasteiger partial charge on any atom is 0.338 e. The molecule has 1 heterocycles. The maximum absolute atomic E-state index is 12.9. The molecule has 0 aliphatic carbocycles. The molecule has 0 bridgehead atoms. The fraction of sp³-hybridized carbons (Fsp3) is 0.370. The van der Waals surface area contributed by atoms with Crippen LogP contribution in [0, 0.1) is 16.0 Å². The van der Waals surface area contributed by atoms with E-state index >= 15 is 0 Å². The molecule has 0 aliphatic heterocycles. The molecule has 0 aliphatic rings. The van der Waals surface area contributed by atoms with E-state index in [0.717, 1.165) is 0 Å². The lowest BCUT2D eigenvalue weighted by molar-refractivity contribution is -0.384. The first kappa shape index (κ1) is 30.3. The molecule has 2 aromatic carbocycles. The second-order valence-corrected chi connectivity index (χ2v) is 10.4. The summed E-state index contributed by atoms with van der Waals surface area (Å²) in [6.07, 6.45) is -0.258. The van der Waals surface area contributed by atoms with Crippen molar-refractivity contribution in [3.8, 4) is 0 Å². The molecule has 0 saturated carbocycles. The zero-order valence-corrected chi connectivity index (χ0v) is 23.7. The summed E-state index contributed by atoms with van der Waals surface area (Å²) < 4.78 is 7.02. The number of amides is 2. The van der Waals surface area contributed by atoms with Crippen molar-refractivity contribution >= 4 is 40.9 Å². The van der Waals surface area contributed by atoms with Gasteiger partial charge in [-0.1, -0.05) is 37.7 Å². The average molecular weight is 569 g/mol. The average Bonchev–Trinajstić information content (AvgIpc) is 3.32. The van der Waals surface area contributed by atoms with E-state index in [1.54, 1.807) is 38.1 Å². The number of nitro groups is 1. The van der Waals surface area contributed by atoms with Crippen LogP contribution in [0.4, 0.5) is 11.4 Å². The first-order valence-corrected chi connectivity index (χ1v) is 13.7. The summed E-state index contributed by atoms with van der Waals surface area (Å²) in [5.41, 5.74) is 0.784. The normalized spacial score (nSPS) is 11.8. The Bertz CT molecular complexity index is 1390. The molecule has 40 heavy (non-hydrogen) atoms. The van der Waals surface area contributed by atoms with Gasteiger partial charge in [-0.15, -0.1) is 10.2 Å². The minimum absolute atomic E-state index is 0.0329. The lowest BCUT2D eigenvalue weighted by atomic mass is 10.0. The number of anilines is 1. The monoisotopic (exact) mass is 568 g/mol. The smallest absolute Gasteiger partial charge is 0.338 e. The van der Waals surface area contributed by atoms with E-state index in [9.17, 15) is 24.5 Å². The van der Waals surface area contributed by atoms with Gasteiger partial charge in [0.15, 0.2) is 11.0 Å². The van der Waals surface area contributed by atoms with Gasteiger partial charge in [-0.05, 0) is 51.0 Å². The highest BCUT2D eigenvalue weighted by molar-refractivity contribution is 7.99. The minimum atomic E-state index is -0.554. The Morgan fingerprint density at radius 1 is 1.05 bits per heavy atom. The number of thioether (sulfide) groups is 1. The number of rotatable bonds is 12. The number of hydrogen-bond donors (Lipinski definition) is 2. The summed E-state index contributed by atoms with van der Waals surface area (Å²) in [6.45, 7) is 9.74. The Kier molecular flexibility index (Phi) is 10.4. The molecule has 0 spiro atoms. The van der Waals surface area contributed by atoms with Crippen LogP contribution >= 0.6 is 11.8 Å². The van der Waals surface area contributed by atoms with Crippen molar-refractivity contribution in [1.82, 2.24) is 20.1 Å². The van der Waals surface area contributed by atoms with Gasteiger partial charge in [0.05, 0.1) is 28.4 Å². The Morgan fingerprint density at radius 3 is 2.40 bits per heavy atom. The van der Waals surface area contributed by atoms with Gasteiger partial charge in [-0.3, -0.25) is 19.7 Å². The van der Waals surface area contributed by atoms with Crippen molar-refractivity contribution in [2.24, 2.45) is 5.92 Å². The summed E-state index contributed by atoms with van der Waals surface area (Å²) in [4.78, 5) is 48.3. The fourth-order valence-electron chi connectivity index (χ4n) is 3.78. The molecule has 0 radical (unpaired) electrons. The summed E-state index contributed by atoms with van der Waals surface area (Å²) in [5.74, 6) is -0.775. The van der Waals surface area contributed by atoms with Crippen molar-refractivity contribution in [2.75, 3.05) is 11.1 Å². The van der Waals surface area contributed by atoms with E-state index in [4.69, 9.17) is 4.74 Å². The quantitative estimate of drug-likeness (QED) is 0.137. The maximum atomic E-state index is 12.9. The molecular formula is C27H32N6O6S. The van der Waals surface area contributed by atoms with Crippen LogP contribution < -0.4 is 10.6 Å². The SMILES string of the molecule is CCn1c(SCC(=O)Nc2cccc(C(=O)OC(C)C)c2)nnc1[C@@H](NC(=O)c1cccc([N+](=O)[O-])c1)C(C)C. The molecule has 1 aromatic heterocycles. The van der Waals surface area contributed by atoms with Gasteiger partial charge < -0.3 is 19.9 Å². The van der Waals surface area contributed by atoms with Gasteiger partial charge >= 0.3 is 5.97 Å². The third-order valence-electron chi connectivity index (χ3n) is 5.67. The van der Waals surface area contributed by atoms with Gasteiger partial charge in [0, 0.05) is 29.9 Å². The lowest BCUT2D eigenvalue weighted by Crippen LogP contribution is -2.33. The van der Waals surface area contributed by atoms with Crippen molar-refractivity contribution in [1.29, 1.82) is 0 Å². The van der Waals surface area contributed by atoms with Crippen LogP contribution in [0.3, 0.4) is 0 Å². The number of nitrogens with one attached hydrogen (secondary N) is 2. The van der Waals surface area contributed by atoms with Crippen molar-refractivity contribution < 1.29 is 24.0 Å². The minimum Gasteiger partial charge on any atom is -0.459 e. The van der Waals surface area contributed by atoms with Crippen molar-refractivity contribution in [3.63, 3.8) is 0 Å². The molecule has 2 amide bonds. The van der Waals surface area contributed by atoms with Crippen LogP contribution in [0.1, 0.15) is 67.2 Å².